The van der Waals surface area contributed by atoms with E-state index in [9.17, 15) is 14.0 Å². The van der Waals surface area contributed by atoms with Gasteiger partial charge in [-0.2, -0.15) is 0 Å². The molecule has 0 bridgehead atoms. The maximum Gasteiger partial charge on any atom is 0.341 e. The number of fused-ring (bicyclic) bond motifs is 1. The van der Waals surface area contributed by atoms with Crippen molar-refractivity contribution >= 4 is 34.3 Å². The number of hydrogen-bond acceptors (Lipinski definition) is 6. The lowest BCUT2D eigenvalue weighted by Gasteiger charge is -2.08. The van der Waals surface area contributed by atoms with Gasteiger partial charge >= 0.3 is 5.97 Å². The van der Waals surface area contributed by atoms with Crippen LogP contribution in [-0.4, -0.2) is 25.3 Å². The molecule has 1 N–H and O–H groups in total. The quantitative estimate of drug-likeness (QED) is 0.427. The van der Waals surface area contributed by atoms with Gasteiger partial charge in [0.1, 0.15) is 16.4 Å². The summed E-state index contributed by atoms with van der Waals surface area (Å²) in [5, 5.41) is 4.83. The third kappa shape index (κ3) is 4.59. The molecule has 4 rings (SSSR count). The molecule has 0 unspecified atom stereocenters. The molecule has 0 atom stereocenters. The summed E-state index contributed by atoms with van der Waals surface area (Å²) < 4.78 is 29.1. The lowest BCUT2D eigenvalue weighted by molar-refractivity contribution is -0.111. The van der Waals surface area contributed by atoms with Gasteiger partial charge in [0.15, 0.2) is 11.5 Å². The highest BCUT2D eigenvalue weighted by molar-refractivity contribution is 7.15. The zero-order valence-electron chi connectivity index (χ0n) is 16.5. The number of benzene rings is 2. The van der Waals surface area contributed by atoms with Crippen molar-refractivity contribution in [3.8, 4) is 22.6 Å². The minimum absolute atomic E-state index is 0.175. The van der Waals surface area contributed by atoms with Crippen LogP contribution in [0.15, 0.2) is 53.9 Å². The smallest absolute Gasteiger partial charge is 0.341 e. The number of ether oxygens (including phenoxy) is 3. The summed E-state index contributed by atoms with van der Waals surface area (Å²) in [5.74, 6) is -0.0605. The number of carbonyl (C=O) groups is 2. The van der Waals surface area contributed by atoms with Gasteiger partial charge in [0.05, 0.1) is 6.61 Å². The van der Waals surface area contributed by atoms with Crippen LogP contribution in [-0.2, 0) is 9.53 Å². The Morgan fingerprint density at radius 3 is 2.71 bits per heavy atom. The van der Waals surface area contributed by atoms with E-state index in [1.807, 2.05) is 0 Å². The number of hydrogen-bond donors (Lipinski definition) is 1. The van der Waals surface area contributed by atoms with Crippen LogP contribution in [0.4, 0.5) is 9.39 Å². The molecular formula is C23H18FNO5S. The molecule has 2 aromatic carbocycles. The molecule has 1 aromatic heterocycles. The summed E-state index contributed by atoms with van der Waals surface area (Å²) in [6, 6.07) is 11.1. The summed E-state index contributed by atoms with van der Waals surface area (Å²) in [6.45, 7) is 2.07. The second-order valence-electron chi connectivity index (χ2n) is 6.52. The molecule has 0 saturated carbocycles. The minimum atomic E-state index is -0.557. The van der Waals surface area contributed by atoms with Crippen molar-refractivity contribution in [1.29, 1.82) is 0 Å². The predicted molar refractivity (Wildman–Crippen MR) is 116 cm³/mol. The summed E-state index contributed by atoms with van der Waals surface area (Å²) >= 11 is 1.20. The fourth-order valence-electron chi connectivity index (χ4n) is 3.04. The van der Waals surface area contributed by atoms with Crippen LogP contribution in [0, 0.1) is 5.82 Å². The lowest BCUT2D eigenvalue weighted by atomic mass is 10.0. The Balaban J connectivity index is 1.56. The van der Waals surface area contributed by atoms with E-state index in [4.69, 9.17) is 14.2 Å². The predicted octanol–water partition coefficient (Wildman–Crippen LogP) is 5.11. The molecule has 0 fully saturated rings. The van der Waals surface area contributed by atoms with Gasteiger partial charge in [0, 0.05) is 17.0 Å². The van der Waals surface area contributed by atoms with Gasteiger partial charge in [0.2, 0.25) is 12.7 Å². The molecule has 3 aromatic rings. The van der Waals surface area contributed by atoms with E-state index < -0.39 is 11.9 Å². The van der Waals surface area contributed by atoms with Gasteiger partial charge in [-0.3, -0.25) is 4.79 Å². The van der Waals surface area contributed by atoms with Crippen LogP contribution in [0.25, 0.3) is 17.2 Å². The lowest BCUT2D eigenvalue weighted by Crippen LogP contribution is -2.12. The van der Waals surface area contributed by atoms with Gasteiger partial charge < -0.3 is 19.5 Å². The van der Waals surface area contributed by atoms with E-state index in [1.54, 1.807) is 48.7 Å². The Kier molecular flexibility index (Phi) is 5.99. The van der Waals surface area contributed by atoms with E-state index in [0.717, 1.165) is 5.56 Å². The first-order valence-electron chi connectivity index (χ1n) is 9.48. The van der Waals surface area contributed by atoms with Crippen molar-refractivity contribution in [1.82, 2.24) is 0 Å². The average Bonchev–Trinajstić information content (AvgIpc) is 3.39. The number of halogens is 1. The van der Waals surface area contributed by atoms with Gasteiger partial charge in [-0.25, -0.2) is 9.18 Å². The second-order valence-corrected chi connectivity index (χ2v) is 7.40. The molecular weight excluding hydrogens is 421 g/mol. The van der Waals surface area contributed by atoms with Crippen LogP contribution >= 0.6 is 11.3 Å². The number of esters is 1. The molecule has 1 amide bonds. The zero-order chi connectivity index (χ0) is 21.8. The molecule has 2 heterocycles. The summed E-state index contributed by atoms with van der Waals surface area (Å²) in [6.07, 6.45) is 3.00. The zero-order valence-corrected chi connectivity index (χ0v) is 17.3. The summed E-state index contributed by atoms with van der Waals surface area (Å²) in [5.41, 5.74) is 2.22. The second kappa shape index (κ2) is 9.01. The standard InChI is InChI=1S/C23H18FNO5S/c1-2-28-23(27)21-17(15-5-7-16(24)8-6-15)12-31-22(21)25-20(26)10-4-14-3-9-18-19(11-14)30-13-29-18/h3-12H,2,13H2,1H3,(H,25,26)/b10-4-. The molecule has 1 aliphatic heterocycles. The molecule has 8 heteroatoms. The molecule has 0 aliphatic carbocycles. The Hall–Kier alpha value is -3.65. The molecule has 6 nitrogen and oxygen atoms in total. The van der Waals surface area contributed by atoms with Crippen LogP contribution < -0.4 is 14.8 Å². The Bertz CT molecular complexity index is 1150. The first-order chi connectivity index (χ1) is 15.0. The van der Waals surface area contributed by atoms with Crippen molar-refractivity contribution in [2.75, 3.05) is 18.7 Å². The molecule has 0 radical (unpaired) electrons. The number of amides is 1. The highest BCUT2D eigenvalue weighted by Crippen LogP contribution is 2.36. The van der Waals surface area contributed by atoms with Crippen molar-refractivity contribution in [2.24, 2.45) is 0 Å². The van der Waals surface area contributed by atoms with Crippen LogP contribution in [0.1, 0.15) is 22.8 Å². The molecule has 1 aliphatic rings. The Morgan fingerprint density at radius 1 is 1.16 bits per heavy atom. The topological polar surface area (TPSA) is 73.9 Å². The van der Waals surface area contributed by atoms with E-state index in [2.05, 4.69) is 5.32 Å². The largest absolute Gasteiger partial charge is 0.462 e. The maximum absolute atomic E-state index is 13.3. The summed E-state index contributed by atoms with van der Waals surface area (Å²) in [4.78, 5) is 25.1. The van der Waals surface area contributed by atoms with E-state index in [-0.39, 0.29) is 24.8 Å². The average molecular weight is 439 g/mol. The van der Waals surface area contributed by atoms with Crippen LogP contribution in [0.2, 0.25) is 0 Å². The number of anilines is 1. The highest BCUT2D eigenvalue weighted by atomic mass is 32.1. The minimum Gasteiger partial charge on any atom is -0.462 e. The third-order valence-electron chi connectivity index (χ3n) is 4.49. The molecule has 31 heavy (non-hydrogen) atoms. The van der Waals surface area contributed by atoms with Crippen LogP contribution in [0.5, 0.6) is 11.5 Å². The van der Waals surface area contributed by atoms with Gasteiger partial charge in [-0.05, 0) is 48.4 Å². The molecule has 0 spiro atoms. The van der Waals surface area contributed by atoms with Crippen molar-refractivity contribution in [2.45, 2.75) is 6.92 Å². The van der Waals surface area contributed by atoms with Gasteiger partial charge in [-0.1, -0.05) is 18.2 Å². The van der Waals surface area contributed by atoms with Crippen molar-refractivity contribution in [3.63, 3.8) is 0 Å². The fourth-order valence-corrected chi connectivity index (χ4v) is 4.00. The number of carbonyl (C=O) groups excluding carboxylic acids is 2. The van der Waals surface area contributed by atoms with E-state index >= 15 is 0 Å². The fraction of sp³-hybridized carbons (Fsp3) is 0.130. The maximum atomic E-state index is 13.3. The van der Waals surface area contributed by atoms with Crippen molar-refractivity contribution in [3.05, 3.63) is 70.9 Å². The SMILES string of the molecule is CCOC(=O)c1c(-c2ccc(F)cc2)csc1NC(=O)/C=C\c1ccc2c(c1)OCO2. The monoisotopic (exact) mass is 439 g/mol. The molecule has 0 saturated heterocycles. The number of rotatable bonds is 6. The number of nitrogens with one attached hydrogen (secondary N) is 1. The number of thiophene rings is 1. The summed E-state index contributed by atoms with van der Waals surface area (Å²) in [7, 11) is 0. The Morgan fingerprint density at radius 2 is 1.94 bits per heavy atom. The normalized spacial score (nSPS) is 12.2. The van der Waals surface area contributed by atoms with Gasteiger partial charge in [0.25, 0.3) is 0 Å². The van der Waals surface area contributed by atoms with E-state index in [0.29, 0.717) is 27.6 Å². The Labute approximate surface area is 181 Å². The van der Waals surface area contributed by atoms with Crippen LogP contribution in [0.3, 0.4) is 0 Å². The molecule has 158 valence electrons. The highest BCUT2D eigenvalue weighted by Gasteiger charge is 2.22. The van der Waals surface area contributed by atoms with Crippen molar-refractivity contribution < 1.29 is 28.2 Å². The third-order valence-corrected chi connectivity index (χ3v) is 5.38. The van der Waals surface area contributed by atoms with Gasteiger partial charge in [-0.15, -0.1) is 11.3 Å². The first kappa shape index (κ1) is 20.6. The van der Waals surface area contributed by atoms with E-state index in [1.165, 1.54) is 29.5 Å². The first-order valence-corrected chi connectivity index (χ1v) is 10.4.